The summed E-state index contributed by atoms with van der Waals surface area (Å²) >= 11 is 5.71. The number of nitro benzene ring substituents is 1. The quantitative estimate of drug-likeness (QED) is 0.610. The lowest BCUT2D eigenvalue weighted by Gasteiger charge is -2.15. The molecule has 1 rings (SSSR count). The second kappa shape index (κ2) is 6.49. The van der Waals surface area contributed by atoms with Crippen LogP contribution in [0.15, 0.2) is 17.0 Å². The highest BCUT2D eigenvalue weighted by Gasteiger charge is 2.25. The summed E-state index contributed by atoms with van der Waals surface area (Å²) < 4.78 is 26.7. The molecular formula is C11H15ClN2O5S. The number of nitrogens with one attached hydrogen (secondary N) is 1. The van der Waals surface area contributed by atoms with Crippen molar-refractivity contribution in [3.05, 3.63) is 32.8 Å². The van der Waals surface area contributed by atoms with Gasteiger partial charge >= 0.3 is 0 Å². The Morgan fingerprint density at radius 1 is 1.50 bits per heavy atom. The third-order valence-electron chi connectivity index (χ3n) is 2.77. The molecule has 20 heavy (non-hydrogen) atoms. The second-order valence-corrected chi connectivity index (χ2v) is 6.32. The third-order valence-corrected chi connectivity index (χ3v) is 4.73. The molecule has 0 radical (unpaired) electrons. The molecule has 0 aromatic heterocycles. The van der Waals surface area contributed by atoms with Crippen molar-refractivity contribution in [1.29, 1.82) is 0 Å². The van der Waals surface area contributed by atoms with Crippen LogP contribution in [0.5, 0.6) is 0 Å². The smallest absolute Gasteiger partial charge is 0.289 e. The zero-order chi connectivity index (χ0) is 15.5. The van der Waals surface area contributed by atoms with Gasteiger partial charge in [0.2, 0.25) is 10.0 Å². The summed E-state index contributed by atoms with van der Waals surface area (Å²) in [6.07, 6.45) is 0.393. The van der Waals surface area contributed by atoms with Crippen molar-refractivity contribution in [2.24, 2.45) is 0 Å². The molecule has 0 saturated carbocycles. The zero-order valence-electron chi connectivity index (χ0n) is 11.0. The fraction of sp³-hybridized carbons (Fsp3) is 0.455. The molecule has 2 N–H and O–H groups in total. The van der Waals surface area contributed by atoms with Crippen molar-refractivity contribution in [2.45, 2.75) is 31.2 Å². The molecule has 0 aliphatic carbocycles. The van der Waals surface area contributed by atoms with E-state index in [0.717, 1.165) is 6.07 Å². The number of rotatable bonds is 6. The van der Waals surface area contributed by atoms with Crippen LogP contribution in [-0.4, -0.2) is 31.1 Å². The fourth-order valence-corrected chi connectivity index (χ4v) is 3.45. The summed E-state index contributed by atoms with van der Waals surface area (Å²) in [6, 6.07) is 1.51. The average Bonchev–Trinajstić information content (AvgIpc) is 2.35. The van der Waals surface area contributed by atoms with Gasteiger partial charge in [-0.25, -0.2) is 13.1 Å². The Morgan fingerprint density at radius 3 is 2.55 bits per heavy atom. The highest BCUT2D eigenvalue weighted by Crippen LogP contribution is 2.30. The SMILES string of the molecule is CC[C@H](CO)NS(=O)(=O)c1cc([N+](=O)[O-])c(Cl)cc1C. The summed E-state index contributed by atoms with van der Waals surface area (Å²) in [6.45, 7) is 2.84. The lowest BCUT2D eigenvalue weighted by atomic mass is 10.2. The van der Waals surface area contributed by atoms with E-state index in [-0.39, 0.29) is 16.5 Å². The summed E-state index contributed by atoms with van der Waals surface area (Å²) in [7, 11) is -3.96. The van der Waals surface area contributed by atoms with Crippen molar-refractivity contribution in [2.75, 3.05) is 6.61 Å². The first-order valence-corrected chi connectivity index (χ1v) is 7.66. The normalized spacial score (nSPS) is 13.2. The minimum atomic E-state index is -3.96. The van der Waals surface area contributed by atoms with Crippen LogP contribution in [0.4, 0.5) is 5.69 Å². The fourth-order valence-electron chi connectivity index (χ4n) is 1.60. The molecule has 0 unspecified atom stereocenters. The number of nitro groups is 1. The minimum Gasteiger partial charge on any atom is -0.395 e. The Hall–Kier alpha value is -1.22. The van der Waals surface area contributed by atoms with Crippen LogP contribution in [0.3, 0.4) is 0 Å². The number of hydrogen-bond donors (Lipinski definition) is 2. The highest BCUT2D eigenvalue weighted by molar-refractivity contribution is 7.89. The van der Waals surface area contributed by atoms with E-state index < -0.39 is 26.7 Å². The summed E-state index contributed by atoms with van der Waals surface area (Å²) in [5, 5.41) is 19.7. The van der Waals surface area contributed by atoms with Crippen LogP contribution >= 0.6 is 11.6 Å². The molecule has 1 aromatic carbocycles. The molecule has 1 atom stereocenters. The molecule has 0 aliphatic rings. The van der Waals surface area contributed by atoms with Gasteiger partial charge in [0.05, 0.1) is 16.4 Å². The maximum absolute atomic E-state index is 12.2. The monoisotopic (exact) mass is 322 g/mol. The summed E-state index contributed by atoms with van der Waals surface area (Å²) in [5.74, 6) is 0. The number of halogens is 1. The standard InChI is InChI=1S/C11H15ClN2O5S/c1-3-8(6-15)13-20(18,19)11-5-10(14(16)17)9(12)4-7(11)2/h4-5,8,13,15H,3,6H2,1-2H3/t8-/m1/s1. The van der Waals surface area contributed by atoms with Crippen molar-refractivity contribution in [3.63, 3.8) is 0 Å². The van der Waals surface area contributed by atoms with Gasteiger partial charge in [0.1, 0.15) is 5.02 Å². The van der Waals surface area contributed by atoms with Crippen LogP contribution in [-0.2, 0) is 10.0 Å². The number of aliphatic hydroxyl groups excluding tert-OH is 1. The largest absolute Gasteiger partial charge is 0.395 e. The van der Waals surface area contributed by atoms with Crippen molar-refractivity contribution >= 4 is 27.3 Å². The first kappa shape index (κ1) is 16.8. The van der Waals surface area contributed by atoms with Crippen LogP contribution < -0.4 is 4.72 Å². The summed E-state index contributed by atoms with van der Waals surface area (Å²) in [4.78, 5) is 9.85. The average molecular weight is 323 g/mol. The maximum atomic E-state index is 12.2. The van der Waals surface area contributed by atoms with E-state index in [0.29, 0.717) is 12.0 Å². The molecule has 1 aromatic rings. The molecule has 112 valence electrons. The zero-order valence-corrected chi connectivity index (χ0v) is 12.5. The van der Waals surface area contributed by atoms with Gasteiger partial charge in [0, 0.05) is 12.1 Å². The van der Waals surface area contributed by atoms with E-state index in [4.69, 9.17) is 16.7 Å². The Morgan fingerprint density at radius 2 is 2.10 bits per heavy atom. The Kier molecular flexibility index (Phi) is 5.46. The molecule has 0 bridgehead atoms. The Labute approximate surface area is 121 Å². The van der Waals surface area contributed by atoms with Crippen LogP contribution in [0.25, 0.3) is 0 Å². The van der Waals surface area contributed by atoms with Crippen molar-refractivity contribution in [1.82, 2.24) is 4.72 Å². The predicted molar refractivity (Wildman–Crippen MR) is 74.3 cm³/mol. The van der Waals surface area contributed by atoms with Crippen LogP contribution in [0, 0.1) is 17.0 Å². The highest BCUT2D eigenvalue weighted by atomic mass is 35.5. The van der Waals surface area contributed by atoms with Crippen molar-refractivity contribution < 1.29 is 18.4 Å². The van der Waals surface area contributed by atoms with E-state index in [1.165, 1.54) is 13.0 Å². The van der Waals surface area contributed by atoms with E-state index in [2.05, 4.69) is 4.72 Å². The summed E-state index contributed by atoms with van der Waals surface area (Å²) in [5.41, 5.74) is -0.185. The third kappa shape index (κ3) is 3.66. The van der Waals surface area contributed by atoms with Gasteiger partial charge in [-0.05, 0) is 25.0 Å². The van der Waals surface area contributed by atoms with Crippen LogP contribution in [0.1, 0.15) is 18.9 Å². The number of nitrogens with zero attached hydrogens (tertiary/aromatic N) is 1. The Bertz CT molecular complexity index is 613. The van der Waals surface area contributed by atoms with E-state index in [1.807, 2.05) is 0 Å². The van der Waals surface area contributed by atoms with Gasteiger partial charge in [-0.1, -0.05) is 18.5 Å². The number of hydrogen-bond acceptors (Lipinski definition) is 5. The predicted octanol–water partition coefficient (Wildman–Crippen LogP) is 1.61. The van der Waals surface area contributed by atoms with Gasteiger partial charge < -0.3 is 5.11 Å². The molecule has 0 saturated heterocycles. The van der Waals surface area contributed by atoms with Gasteiger partial charge in [-0.15, -0.1) is 0 Å². The Balaban J connectivity index is 3.31. The first-order valence-electron chi connectivity index (χ1n) is 5.80. The van der Waals surface area contributed by atoms with Gasteiger partial charge in [-0.3, -0.25) is 10.1 Å². The number of sulfonamides is 1. The molecule has 9 heteroatoms. The molecule has 7 nitrogen and oxygen atoms in total. The van der Waals surface area contributed by atoms with Crippen LogP contribution in [0.2, 0.25) is 5.02 Å². The number of benzene rings is 1. The van der Waals surface area contributed by atoms with Gasteiger partial charge in [0.15, 0.2) is 0 Å². The van der Waals surface area contributed by atoms with E-state index >= 15 is 0 Å². The first-order chi connectivity index (χ1) is 9.22. The van der Waals surface area contributed by atoms with E-state index in [9.17, 15) is 18.5 Å². The molecule has 0 amide bonds. The molecular weight excluding hydrogens is 308 g/mol. The second-order valence-electron chi connectivity index (χ2n) is 4.24. The number of aryl methyl sites for hydroxylation is 1. The molecule has 0 fully saturated rings. The minimum absolute atomic E-state index is 0.124. The van der Waals surface area contributed by atoms with E-state index in [1.54, 1.807) is 6.92 Å². The topological polar surface area (TPSA) is 110 Å². The van der Waals surface area contributed by atoms with Gasteiger partial charge in [-0.2, -0.15) is 0 Å². The van der Waals surface area contributed by atoms with Crippen molar-refractivity contribution in [3.8, 4) is 0 Å². The lowest BCUT2D eigenvalue weighted by Crippen LogP contribution is -2.37. The number of aliphatic hydroxyl groups is 1. The molecule has 0 aliphatic heterocycles. The lowest BCUT2D eigenvalue weighted by molar-refractivity contribution is -0.384. The molecule has 0 spiro atoms. The van der Waals surface area contributed by atoms with Gasteiger partial charge in [0.25, 0.3) is 5.69 Å². The maximum Gasteiger partial charge on any atom is 0.289 e. The molecule has 0 heterocycles.